The van der Waals surface area contributed by atoms with Gasteiger partial charge in [0.1, 0.15) is 0 Å². The second-order valence-corrected chi connectivity index (χ2v) is 7.57. The summed E-state index contributed by atoms with van der Waals surface area (Å²) in [4.78, 5) is 27.9. The first-order valence-corrected chi connectivity index (χ1v) is 9.99. The van der Waals surface area contributed by atoms with Crippen LogP contribution in [0.5, 0.6) is 0 Å². The Balaban J connectivity index is 1.79. The van der Waals surface area contributed by atoms with Crippen LogP contribution < -0.4 is 10.2 Å². The number of hydrogen-bond donors (Lipinski definition) is 1. The third kappa shape index (κ3) is 4.95. The predicted molar refractivity (Wildman–Crippen MR) is 116 cm³/mol. The molecule has 1 fully saturated rings. The lowest BCUT2D eigenvalue weighted by Crippen LogP contribution is -2.43. The van der Waals surface area contributed by atoms with E-state index in [0.29, 0.717) is 30.9 Å². The van der Waals surface area contributed by atoms with Gasteiger partial charge in [-0.3, -0.25) is 19.8 Å². The minimum absolute atomic E-state index is 0.00642. The van der Waals surface area contributed by atoms with Gasteiger partial charge in [-0.15, -0.1) is 0 Å². The van der Waals surface area contributed by atoms with Crippen molar-refractivity contribution in [1.29, 1.82) is 0 Å². The van der Waals surface area contributed by atoms with Crippen molar-refractivity contribution in [3.63, 3.8) is 0 Å². The third-order valence-corrected chi connectivity index (χ3v) is 5.48. The predicted octanol–water partition coefficient (Wildman–Crippen LogP) is 2.77. The molecule has 1 aliphatic heterocycles. The number of nitrogens with one attached hydrogen (secondary N) is 1. The van der Waals surface area contributed by atoms with Gasteiger partial charge in [0.05, 0.1) is 24.2 Å². The largest absolute Gasteiger partial charge is 0.379 e. The molecule has 0 unspecified atom stereocenters. The number of ether oxygens (including phenoxy) is 1. The fourth-order valence-electron chi connectivity index (χ4n) is 3.69. The molecule has 0 saturated carbocycles. The molecule has 1 aliphatic rings. The highest BCUT2D eigenvalue weighted by Crippen LogP contribution is 2.25. The van der Waals surface area contributed by atoms with Gasteiger partial charge in [-0.05, 0) is 30.7 Å². The van der Waals surface area contributed by atoms with Crippen molar-refractivity contribution in [1.82, 2.24) is 10.2 Å². The van der Waals surface area contributed by atoms with Gasteiger partial charge in [-0.25, -0.2) is 0 Å². The topological polar surface area (TPSA) is 88.0 Å². The summed E-state index contributed by atoms with van der Waals surface area (Å²) in [6.45, 7) is 4.89. The van der Waals surface area contributed by atoms with Crippen LogP contribution in [0.1, 0.15) is 27.5 Å². The van der Waals surface area contributed by atoms with E-state index in [1.807, 2.05) is 19.0 Å². The molecular weight excluding hydrogens is 384 g/mol. The average molecular weight is 412 g/mol. The van der Waals surface area contributed by atoms with E-state index in [4.69, 9.17) is 4.74 Å². The molecule has 1 amide bonds. The quantitative estimate of drug-likeness (QED) is 0.556. The Kier molecular flexibility index (Phi) is 7.02. The van der Waals surface area contributed by atoms with E-state index in [-0.39, 0.29) is 17.6 Å². The summed E-state index contributed by atoms with van der Waals surface area (Å²) >= 11 is 0. The summed E-state index contributed by atoms with van der Waals surface area (Å²) in [6.07, 6.45) is 0. The standard InChI is InChI=1S/C22H28N4O4/c1-16-19(5-4-6-20(16)26(28)29)22(27)23-15-21(25-11-13-30-14-12-25)17-7-9-18(10-8-17)24(2)3/h4-10,21H,11-15H2,1-3H3,(H,23,27)/t21-/m0/s1. The van der Waals surface area contributed by atoms with Crippen LogP contribution in [-0.2, 0) is 4.74 Å². The molecule has 0 aromatic heterocycles. The minimum atomic E-state index is -0.463. The van der Waals surface area contributed by atoms with Gasteiger partial charge in [0, 0.05) is 56.6 Å². The second kappa shape index (κ2) is 9.69. The lowest BCUT2D eigenvalue weighted by atomic mass is 10.0. The number of morpholine rings is 1. The number of amides is 1. The fourth-order valence-corrected chi connectivity index (χ4v) is 3.69. The van der Waals surface area contributed by atoms with E-state index in [2.05, 4.69) is 34.5 Å². The fraction of sp³-hybridized carbons (Fsp3) is 0.409. The molecule has 1 heterocycles. The highest BCUT2D eigenvalue weighted by molar-refractivity contribution is 5.96. The van der Waals surface area contributed by atoms with E-state index < -0.39 is 4.92 Å². The van der Waals surface area contributed by atoms with E-state index in [9.17, 15) is 14.9 Å². The van der Waals surface area contributed by atoms with Crippen molar-refractivity contribution in [3.8, 4) is 0 Å². The third-order valence-electron chi connectivity index (χ3n) is 5.48. The zero-order chi connectivity index (χ0) is 21.7. The van der Waals surface area contributed by atoms with Crippen LogP contribution in [0.25, 0.3) is 0 Å². The monoisotopic (exact) mass is 412 g/mol. The average Bonchev–Trinajstić information content (AvgIpc) is 2.74. The van der Waals surface area contributed by atoms with Crippen molar-refractivity contribution in [2.75, 3.05) is 51.8 Å². The molecule has 8 heteroatoms. The summed E-state index contributed by atoms with van der Waals surface area (Å²) in [5.41, 5.74) is 2.87. The summed E-state index contributed by atoms with van der Waals surface area (Å²) in [6, 6.07) is 12.9. The van der Waals surface area contributed by atoms with Crippen LogP contribution in [0.2, 0.25) is 0 Å². The van der Waals surface area contributed by atoms with E-state index in [1.165, 1.54) is 6.07 Å². The van der Waals surface area contributed by atoms with Gasteiger partial charge < -0.3 is 15.0 Å². The minimum Gasteiger partial charge on any atom is -0.379 e. The molecule has 1 N–H and O–H groups in total. The molecule has 1 atom stereocenters. The SMILES string of the molecule is Cc1c(C(=O)NC[C@@H](c2ccc(N(C)C)cc2)N2CCOCC2)cccc1[N+](=O)[O-]. The molecule has 0 aliphatic carbocycles. The van der Waals surface area contributed by atoms with Gasteiger partial charge in [0.15, 0.2) is 0 Å². The lowest BCUT2D eigenvalue weighted by Gasteiger charge is -2.35. The summed E-state index contributed by atoms with van der Waals surface area (Å²) in [7, 11) is 3.99. The van der Waals surface area contributed by atoms with Crippen molar-refractivity contribution in [3.05, 3.63) is 69.3 Å². The van der Waals surface area contributed by atoms with Crippen LogP contribution >= 0.6 is 0 Å². The van der Waals surface area contributed by atoms with Crippen LogP contribution in [0.4, 0.5) is 11.4 Å². The van der Waals surface area contributed by atoms with Crippen molar-refractivity contribution >= 4 is 17.3 Å². The Hall–Kier alpha value is -2.97. The number of carbonyl (C=O) groups excluding carboxylic acids is 1. The number of carbonyl (C=O) groups is 1. The molecule has 30 heavy (non-hydrogen) atoms. The van der Waals surface area contributed by atoms with Gasteiger partial charge in [-0.1, -0.05) is 18.2 Å². The van der Waals surface area contributed by atoms with Crippen LogP contribution in [-0.4, -0.2) is 62.7 Å². The zero-order valence-electron chi connectivity index (χ0n) is 17.6. The molecule has 2 aromatic carbocycles. The number of nitrogens with zero attached hydrogens (tertiary/aromatic N) is 3. The Bertz CT molecular complexity index is 893. The van der Waals surface area contributed by atoms with Gasteiger partial charge in [0.25, 0.3) is 11.6 Å². The number of anilines is 1. The maximum atomic E-state index is 12.8. The molecular formula is C22H28N4O4. The van der Waals surface area contributed by atoms with Crippen molar-refractivity contribution < 1.29 is 14.5 Å². The number of hydrogen-bond acceptors (Lipinski definition) is 6. The summed E-state index contributed by atoms with van der Waals surface area (Å²) in [5, 5.41) is 14.2. The van der Waals surface area contributed by atoms with Crippen LogP contribution in [0, 0.1) is 17.0 Å². The number of nitro groups is 1. The smallest absolute Gasteiger partial charge is 0.273 e. The van der Waals surface area contributed by atoms with Gasteiger partial charge in [0.2, 0.25) is 0 Å². The molecule has 160 valence electrons. The number of rotatable bonds is 7. The number of nitro benzene ring substituents is 1. The van der Waals surface area contributed by atoms with Gasteiger partial charge in [-0.2, -0.15) is 0 Å². The number of benzene rings is 2. The molecule has 2 aromatic rings. The molecule has 1 saturated heterocycles. The highest BCUT2D eigenvalue weighted by Gasteiger charge is 2.24. The first-order valence-electron chi connectivity index (χ1n) is 9.99. The molecule has 0 bridgehead atoms. The Morgan fingerprint density at radius 2 is 1.87 bits per heavy atom. The highest BCUT2D eigenvalue weighted by atomic mass is 16.6. The van der Waals surface area contributed by atoms with Crippen molar-refractivity contribution in [2.45, 2.75) is 13.0 Å². The normalized spacial score (nSPS) is 15.4. The van der Waals surface area contributed by atoms with Crippen LogP contribution in [0.3, 0.4) is 0 Å². The van der Waals surface area contributed by atoms with Crippen molar-refractivity contribution in [2.24, 2.45) is 0 Å². The maximum absolute atomic E-state index is 12.8. The zero-order valence-corrected chi connectivity index (χ0v) is 17.6. The van der Waals surface area contributed by atoms with E-state index >= 15 is 0 Å². The first kappa shape index (κ1) is 21.7. The lowest BCUT2D eigenvalue weighted by molar-refractivity contribution is -0.385. The molecule has 0 radical (unpaired) electrons. The molecule has 8 nitrogen and oxygen atoms in total. The summed E-state index contributed by atoms with van der Waals surface area (Å²) in [5.74, 6) is -0.306. The molecule has 3 rings (SSSR count). The summed E-state index contributed by atoms with van der Waals surface area (Å²) < 4.78 is 5.48. The maximum Gasteiger partial charge on any atom is 0.273 e. The molecule has 0 spiro atoms. The Morgan fingerprint density at radius 1 is 1.20 bits per heavy atom. The van der Waals surface area contributed by atoms with Crippen LogP contribution in [0.15, 0.2) is 42.5 Å². The van der Waals surface area contributed by atoms with E-state index in [0.717, 1.165) is 24.3 Å². The van der Waals surface area contributed by atoms with E-state index in [1.54, 1.807) is 19.1 Å². The van der Waals surface area contributed by atoms with Gasteiger partial charge >= 0.3 is 0 Å². The first-order chi connectivity index (χ1) is 14.4. The second-order valence-electron chi connectivity index (χ2n) is 7.57. The Labute approximate surface area is 176 Å². The Morgan fingerprint density at radius 3 is 2.47 bits per heavy atom.